The summed E-state index contributed by atoms with van der Waals surface area (Å²) < 4.78 is 22.8. The molecule has 1 atom stereocenters. The first-order valence-corrected chi connectivity index (χ1v) is 15.6. The highest BCUT2D eigenvalue weighted by molar-refractivity contribution is 7.97. The van der Waals surface area contributed by atoms with E-state index in [1.54, 1.807) is 13.2 Å². The SMILES string of the molecule is CN1CC(C)(C)CC1C(=O)NC1CCC1.COc1ccc(CC(=O)NSC)cc1-c1cccc(F)c1C1CCC1. The van der Waals surface area contributed by atoms with Crippen LogP contribution in [0.3, 0.4) is 0 Å². The van der Waals surface area contributed by atoms with Gasteiger partial charge in [-0.3, -0.25) is 14.5 Å². The van der Waals surface area contributed by atoms with Crippen molar-refractivity contribution >= 4 is 23.8 Å². The molecule has 2 aromatic carbocycles. The quantitative estimate of drug-likeness (QED) is 0.377. The van der Waals surface area contributed by atoms with Crippen LogP contribution in [0.5, 0.6) is 5.75 Å². The Balaban J connectivity index is 0.000000210. The van der Waals surface area contributed by atoms with E-state index in [1.165, 1.54) is 37.3 Å². The summed E-state index contributed by atoms with van der Waals surface area (Å²) in [5.41, 5.74) is 3.66. The molecule has 8 heteroatoms. The molecule has 40 heavy (non-hydrogen) atoms. The largest absolute Gasteiger partial charge is 0.496 e. The van der Waals surface area contributed by atoms with E-state index in [1.807, 2.05) is 30.5 Å². The van der Waals surface area contributed by atoms with Gasteiger partial charge >= 0.3 is 0 Å². The van der Waals surface area contributed by atoms with Crippen LogP contribution in [0.25, 0.3) is 11.1 Å². The van der Waals surface area contributed by atoms with Crippen molar-refractivity contribution in [3.63, 3.8) is 0 Å². The predicted octanol–water partition coefficient (Wildman–Crippen LogP) is 6.09. The highest BCUT2D eigenvalue weighted by Crippen LogP contribution is 2.44. The van der Waals surface area contributed by atoms with Gasteiger partial charge in [-0.05, 0) is 91.8 Å². The summed E-state index contributed by atoms with van der Waals surface area (Å²) >= 11 is 1.28. The topological polar surface area (TPSA) is 70.7 Å². The third kappa shape index (κ3) is 7.38. The number of nitrogens with zero attached hydrogens (tertiary/aromatic N) is 1. The van der Waals surface area contributed by atoms with E-state index in [-0.39, 0.29) is 41.4 Å². The van der Waals surface area contributed by atoms with Crippen LogP contribution in [-0.2, 0) is 16.0 Å². The Labute approximate surface area is 242 Å². The summed E-state index contributed by atoms with van der Waals surface area (Å²) in [5.74, 6) is 0.995. The number of benzene rings is 2. The number of hydrogen-bond acceptors (Lipinski definition) is 5. The lowest BCUT2D eigenvalue weighted by Crippen LogP contribution is -2.47. The maximum absolute atomic E-state index is 14.5. The molecule has 1 aliphatic heterocycles. The van der Waals surface area contributed by atoms with Crippen LogP contribution in [0.15, 0.2) is 36.4 Å². The Morgan fingerprint density at radius 3 is 2.38 bits per heavy atom. The molecule has 1 saturated heterocycles. The van der Waals surface area contributed by atoms with Crippen LogP contribution in [-0.4, -0.2) is 55.8 Å². The van der Waals surface area contributed by atoms with Crippen LogP contribution in [0.2, 0.25) is 0 Å². The molecule has 0 radical (unpaired) electrons. The smallest absolute Gasteiger partial charge is 0.237 e. The molecule has 2 saturated carbocycles. The van der Waals surface area contributed by atoms with Gasteiger partial charge in [0.1, 0.15) is 11.6 Å². The average molecular weight is 570 g/mol. The number of hydrogen-bond donors (Lipinski definition) is 2. The summed E-state index contributed by atoms with van der Waals surface area (Å²) in [6, 6.07) is 11.4. The zero-order chi connectivity index (χ0) is 28.9. The Hall–Kier alpha value is -2.58. The Morgan fingerprint density at radius 1 is 1.10 bits per heavy atom. The Morgan fingerprint density at radius 2 is 1.82 bits per heavy atom. The van der Waals surface area contributed by atoms with E-state index >= 15 is 0 Å². The minimum Gasteiger partial charge on any atom is -0.496 e. The van der Waals surface area contributed by atoms with Crippen molar-refractivity contribution in [2.24, 2.45) is 5.41 Å². The fourth-order valence-corrected chi connectivity index (χ4v) is 6.27. The van der Waals surface area contributed by atoms with Gasteiger partial charge in [0.05, 0.1) is 19.6 Å². The van der Waals surface area contributed by atoms with E-state index in [9.17, 15) is 14.0 Å². The van der Waals surface area contributed by atoms with Gasteiger partial charge in [0.25, 0.3) is 0 Å². The lowest BCUT2D eigenvalue weighted by molar-refractivity contribution is -0.126. The molecule has 218 valence electrons. The molecule has 5 rings (SSSR count). The number of ether oxygens (including phenoxy) is 1. The van der Waals surface area contributed by atoms with E-state index in [4.69, 9.17) is 4.74 Å². The lowest BCUT2D eigenvalue weighted by atomic mass is 9.76. The Kier molecular flexibility index (Phi) is 10.2. The maximum atomic E-state index is 14.5. The van der Waals surface area contributed by atoms with E-state index in [2.05, 4.69) is 35.8 Å². The first-order chi connectivity index (χ1) is 19.1. The molecule has 2 aromatic rings. The molecule has 0 spiro atoms. The second-order valence-corrected chi connectivity index (χ2v) is 12.8. The summed E-state index contributed by atoms with van der Waals surface area (Å²) in [5, 5.41) is 3.15. The summed E-state index contributed by atoms with van der Waals surface area (Å²) in [7, 11) is 3.67. The van der Waals surface area contributed by atoms with Gasteiger partial charge in [-0.25, -0.2) is 4.39 Å². The number of likely N-dealkylation sites (N-methyl/N-ethyl adjacent to an activating group) is 1. The van der Waals surface area contributed by atoms with Gasteiger partial charge in [0.15, 0.2) is 0 Å². The molecule has 0 bridgehead atoms. The normalized spacial score (nSPS) is 20.5. The number of halogens is 1. The molecule has 2 N–H and O–H groups in total. The van der Waals surface area contributed by atoms with Gasteiger partial charge in [0.2, 0.25) is 11.8 Å². The van der Waals surface area contributed by atoms with Gasteiger partial charge in [-0.15, -0.1) is 0 Å². The predicted molar refractivity (Wildman–Crippen MR) is 161 cm³/mol. The third-order valence-electron chi connectivity index (χ3n) is 8.41. The minimum atomic E-state index is -0.158. The van der Waals surface area contributed by atoms with Crippen molar-refractivity contribution in [3.8, 4) is 16.9 Å². The highest BCUT2D eigenvalue weighted by Gasteiger charge is 2.39. The van der Waals surface area contributed by atoms with Crippen LogP contribution in [0.4, 0.5) is 4.39 Å². The highest BCUT2D eigenvalue weighted by atomic mass is 32.2. The third-order valence-corrected chi connectivity index (χ3v) is 8.84. The molecule has 2 amide bonds. The number of nitrogens with one attached hydrogen (secondary N) is 2. The molecule has 1 unspecified atom stereocenters. The molecule has 1 heterocycles. The number of carbonyl (C=O) groups excluding carboxylic acids is 2. The molecule has 3 fully saturated rings. The standard InChI is InChI=1S/C20H22FNO2S.C12H22N2O/c1-24-18-10-9-13(12-19(23)22-25-2)11-16(18)15-7-4-8-17(21)20(15)14-5-3-6-14;1-12(2)7-10(14(3)8-12)11(15)13-9-5-4-6-9/h4,7-11,14H,3,5-6,12H2,1-2H3,(H,22,23);9-10H,4-8H2,1-3H3,(H,13,15). The minimum absolute atomic E-state index is 0.0536. The van der Waals surface area contributed by atoms with E-state index in [0.717, 1.165) is 54.5 Å². The summed E-state index contributed by atoms with van der Waals surface area (Å²) in [4.78, 5) is 26.1. The zero-order valence-electron chi connectivity index (χ0n) is 24.5. The number of likely N-dealkylation sites (tertiary alicyclic amines) is 1. The monoisotopic (exact) mass is 569 g/mol. The first-order valence-electron chi connectivity index (χ1n) is 14.4. The number of rotatable bonds is 8. The average Bonchev–Trinajstić information content (AvgIpc) is 3.14. The molecule has 0 aromatic heterocycles. The molecule has 2 aliphatic carbocycles. The Bertz CT molecular complexity index is 1200. The number of carbonyl (C=O) groups is 2. The van der Waals surface area contributed by atoms with Gasteiger partial charge in [-0.1, -0.05) is 50.4 Å². The zero-order valence-corrected chi connectivity index (χ0v) is 25.3. The van der Waals surface area contributed by atoms with Crippen molar-refractivity contribution in [3.05, 3.63) is 53.3 Å². The van der Waals surface area contributed by atoms with Crippen LogP contribution >= 0.6 is 11.9 Å². The maximum Gasteiger partial charge on any atom is 0.237 e. The van der Waals surface area contributed by atoms with Crippen molar-refractivity contribution in [2.75, 3.05) is 27.0 Å². The summed E-state index contributed by atoms with van der Waals surface area (Å²) in [6.07, 6.45) is 9.89. The lowest BCUT2D eigenvalue weighted by Gasteiger charge is -2.29. The molecular weight excluding hydrogens is 525 g/mol. The fraction of sp³-hybridized carbons (Fsp3) is 0.562. The van der Waals surface area contributed by atoms with E-state index < -0.39 is 0 Å². The second-order valence-electron chi connectivity index (χ2n) is 12.2. The van der Waals surface area contributed by atoms with Crippen molar-refractivity contribution in [1.82, 2.24) is 14.9 Å². The van der Waals surface area contributed by atoms with Crippen molar-refractivity contribution in [1.29, 1.82) is 0 Å². The van der Waals surface area contributed by atoms with Crippen LogP contribution < -0.4 is 14.8 Å². The number of amides is 2. The van der Waals surface area contributed by atoms with Crippen molar-refractivity contribution < 1.29 is 18.7 Å². The van der Waals surface area contributed by atoms with Gasteiger partial charge in [0, 0.05) is 24.4 Å². The fourth-order valence-electron chi connectivity index (χ4n) is 5.97. The number of methoxy groups -OCH3 is 1. The van der Waals surface area contributed by atoms with Gasteiger partial charge in [-0.2, -0.15) is 0 Å². The van der Waals surface area contributed by atoms with Gasteiger partial charge < -0.3 is 14.8 Å². The van der Waals surface area contributed by atoms with Crippen LogP contribution in [0.1, 0.15) is 75.8 Å². The molecule has 6 nitrogen and oxygen atoms in total. The molecule has 3 aliphatic rings. The van der Waals surface area contributed by atoms with Crippen LogP contribution in [0, 0.1) is 11.2 Å². The van der Waals surface area contributed by atoms with E-state index in [0.29, 0.717) is 11.8 Å². The first kappa shape index (κ1) is 30.4. The summed E-state index contributed by atoms with van der Waals surface area (Å²) in [6.45, 7) is 5.50. The van der Waals surface area contributed by atoms with Crippen molar-refractivity contribution in [2.45, 2.75) is 83.2 Å². The second kappa shape index (κ2) is 13.4. The molecular formula is C32H44FN3O3S.